The average molecular weight is 642 g/mol. The van der Waals surface area contributed by atoms with Crippen LogP contribution in [0.1, 0.15) is 75.1 Å². The number of aliphatic hydroxyl groups excluding tert-OH is 1. The van der Waals surface area contributed by atoms with Crippen molar-refractivity contribution in [1.82, 2.24) is 10.2 Å². The Morgan fingerprint density at radius 1 is 1.00 bits per heavy atom. The van der Waals surface area contributed by atoms with Crippen molar-refractivity contribution in [3.8, 4) is 11.5 Å². The Hall–Kier alpha value is -3.26. The first kappa shape index (κ1) is 33.6. The van der Waals surface area contributed by atoms with Gasteiger partial charge >= 0.3 is 0 Å². The molecule has 1 saturated heterocycles. The first-order valence-electron chi connectivity index (χ1n) is 15.1. The molecule has 44 heavy (non-hydrogen) atoms. The number of nitrogens with one attached hydrogen (secondary N) is 1. The van der Waals surface area contributed by atoms with Crippen LogP contribution in [-0.4, -0.2) is 48.2 Å². The SMILES string of the molecule is CCC(CC)N1C(=O)[C@@](C)(CC(O)C(=O)NCc2ccc(OC)cc2OC)C[C@H](c2cccc(Cl)c2)[C@H]1c1ccc(Cl)cc1. The molecule has 3 aromatic carbocycles. The van der Waals surface area contributed by atoms with Crippen LogP contribution in [0.25, 0.3) is 0 Å². The number of hydrogen-bond acceptors (Lipinski definition) is 5. The third-order valence-corrected chi connectivity index (χ3v) is 9.31. The molecule has 0 saturated carbocycles. The highest BCUT2D eigenvalue weighted by Gasteiger charge is 2.52. The molecule has 0 bridgehead atoms. The van der Waals surface area contributed by atoms with Gasteiger partial charge in [-0.05, 0) is 73.2 Å². The van der Waals surface area contributed by atoms with E-state index in [4.69, 9.17) is 32.7 Å². The molecule has 9 heteroatoms. The largest absolute Gasteiger partial charge is 0.497 e. The number of aliphatic hydroxyl groups is 1. The topological polar surface area (TPSA) is 88.1 Å². The summed E-state index contributed by atoms with van der Waals surface area (Å²) in [5.41, 5.74) is 1.69. The van der Waals surface area contributed by atoms with Gasteiger partial charge in [-0.25, -0.2) is 0 Å². The minimum atomic E-state index is -1.40. The number of carbonyl (C=O) groups is 2. The third kappa shape index (κ3) is 7.33. The van der Waals surface area contributed by atoms with Crippen molar-refractivity contribution in [3.05, 3.63) is 93.5 Å². The number of amides is 2. The molecule has 4 rings (SSSR count). The summed E-state index contributed by atoms with van der Waals surface area (Å²) in [4.78, 5) is 29.8. The molecule has 2 amide bonds. The fraction of sp³-hybridized carbons (Fsp3) is 0.429. The lowest BCUT2D eigenvalue weighted by atomic mass is 9.66. The van der Waals surface area contributed by atoms with Crippen molar-refractivity contribution >= 4 is 35.0 Å². The number of nitrogens with zero attached hydrogens (tertiary/aromatic N) is 1. The minimum absolute atomic E-state index is 0.0293. The number of ether oxygens (including phenoxy) is 2. The van der Waals surface area contributed by atoms with Crippen LogP contribution in [0.3, 0.4) is 0 Å². The summed E-state index contributed by atoms with van der Waals surface area (Å²) in [5.74, 6) is 0.427. The van der Waals surface area contributed by atoms with Crippen molar-refractivity contribution < 1.29 is 24.2 Å². The maximum absolute atomic E-state index is 14.6. The lowest BCUT2D eigenvalue weighted by Crippen LogP contribution is -2.56. The van der Waals surface area contributed by atoms with Crippen LogP contribution < -0.4 is 14.8 Å². The minimum Gasteiger partial charge on any atom is -0.497 e. The Bertz CT molecular complexity index is 1450. The highest BCUT2D eigenvalue weighted by Crippen LogP contribution is 2.52. The fourth-order valence-electron chi connectivity index (χ4n) is 6.47. The van der Waals surface area contributed by atoms with Crippen LogP contribution in [0.5, 0.6) is 11.5 Å². The van der Waals surface area contributed by atoms with E-state index in [1.807, 2.05) is 60.4 Å². The number of halogens is 2. The molecule has 0 spiro atoms. The molecule has 1 aliphatic rings. The summed E-state index contributed by atoms with van der Waals surface area (Å²) in [6.45, 7) is 6.17. The molecule has 3 aromatic rings. The molecule has 1 fully saturated rings. The maximum Gasteiger partial charge on any atom is 0.249 e. The van der Waals surface area contributed by atoms with Gasteiger partial charge in [0.25, 0.3) is 0 Å². The normalized spacial score (nSPS) is 20.8. The quantitative estimate of drug-likeness (QED) is 0.216. The second-order valence-corrected chi connectivity index (χ2v) is 12.6. The highest BCUT2D eigenvalue weighted by molar-refractivity contribution is 6.30. The van der Waals surface area contributed by atoms with Gasteiger partial charge in [0.2, 0.25) is 11.8 Å². The molecule has 2 N–H and O–H groups in total. The second kappa shape index (κ2) is 14.7. The number of piperidine rings is 1. The number of rotatable bonds is 12. The first-order chi connectivity index (χ1) is 21.0. The summed E-state index contributed by atoms with van der Waals surface area (Å²) in [5, 5.41) is 15.3. The maximum atomic E-state index is 14.6. The number of carbonyl (C=O) groups excluding carboxylic acids is 2. The zero-order valence-corrected chi connectivity index (χ0v) is 27.5. The summed E-state index contributed by atoms with van der Waals surface area (Å²) < 4.78 is 10.7. The lowest BCUT2D eigenvalue weighted by Gasteiger charge is -2.52. The number of benzene rings is 3. The van der Waals surface area contributed by atoms with Gasteiger partial charge in [0.15, 0.2) is 0 Å². The van der Waals surface area contributed by atoms with E-state index in [0.717, 1.165) is 29.5 Å². The predicted octanol–water partition coefficient (Wildman–Crippen LogP) is 7.33. The smallest absolute Gasteiger partial charge is 0.249 e. The van der Waals surface area contributed by atoms with Crippen molar-refractivity contribution in [2.24, 2.45) is 5.41 Å². The zero-order chi connectivity index (χ0) is 32.0. The summed E-state index contributed by atoms with van der Waals surface area (Å²) in [6, 6.07) is 20.4. The molecule has 1 unspecified atom stereocenters. The van der Waals surface area contributed by atoms with E-state index >= 15 is 0 Å². The molecule has 1 heterocycles. The second-order valence-electron chi connectivity index (χ2n) is 11.7. The van der Waals surface area contributed by atoms with Gasteiger partial charge < -0.3 is 24.8 Å². The first-order valence-corrected chi connectivity index (χ1v) is 15.8. The van der Waals surface area contributed by atoms with Gasteiger partial charge in [-0.1, -0.05) is 68.2 Å². The average Bonchev–Trinajstić information content (AvgIpc) is 3.02. The molecule has 0 aromatic heterocycles. The van der Waals surface area contributed by atoms with E-state index in [-0.39, 0.29) is 36.9 Å². The summed E-state index contributed by atoms with van der Waals surface area (Å²) >= 11 is 12.7. The highest BCUT2D eigenvalue weighted by atomic mass is 35.5. The van der Waals surface area contributed by atoms with Gasteiger partial charge in [0, 0.05) is 40.2 Å². The van der Waals surface area contributed by atoms with E-state index in [1.165, 1.54) is 0 Å². The van der Waals surface area contributed by atoms with Crippen molar-refractivity contribution in [1.29, 1.82) is 0 Å². The van der Waals surface area contributed by atoms with Gasteiger partial charge in [-0.3, -0.25) is 9.59 Å². The van der Waals surface area contributed by atoms with Crippen molar-refractivity contribution in [2.75, 3.05) is 14.2 Å². The van der Waals surface area contributed by atoms with Crippen LogP contribution in [0.4, 0.5) is 0 Å². The van der Waals surface area contributed by atoms with Crippen molar-refractivity contribution in [3.63, 3.8) is 0 Å². The molecule has 1 aliphatic heterocycles. The zero-order valence-electron chi connectivity index (χ0n) is 26.0. The monoisotopic (exact) mass is 640 g/mol. The van der Waals surface area contributed by atoms with Gasteiger partial charge in [0.1, 0.15) is 17.6 Å². The van der Waals surface area contributed by atoms with Crippen LogP contribution in [0, 0.1) is 5.41 Å². The molecule has 0 radical (unpaired) electrons. The Balaban J connectivity index is 1.66. The van der Waals surface area contributed by atoms with Crippen LogP contribution >= 0.6 is 23.2 Å². The molecular weight excluding hydrogens is 599 g/mol. The Labute approximate surface area is 270 Å². The summed E-state index contributed by atoms with van der Waals surface area (Å²) in [7, 11) is 3.11. The van der Waals surface area contributed by atoms with Gasteiger partial charge in [-0.15, -0.1) is 0 Å². The van der Waals surface area contributed by atoms with Crippen LogP contribution in [0.2, 0.25) is 10.0 Å². The summed E-state index contributed by atoms with van der Waals surface area (Å²) in [6.07, 6.45) is 0.517. The van der Waals surface area contributed by atoms with Crippen molar-refractivity contribution in [2.45, 2.75) is 77.1 Å². The standard InChI is InChI=1S/C35H42Cl2N2O5/c1-6-27(7-2)39-32(22-11-14-25(36)15-12-22)29(23-9-8-10-26(37)17-23)19-35(3,34(39)42)20-30(40)33(41)38-21-24-13-16-28(43-4)18-31(24)44-5/h8-18,27,29-30,32,40H,6-7,19-21H2,1-5H3,(H,38,41)/t29-,30?,32-,35-/m1/s1. The van der Waals surface area contributed by atoms with Crippen LogP contribution in [0.15, 0.2) is 66.7 Å². The van der Waals surface area contributed by atoms with E-state index in [0.29, 0.717) is 28.0 Å². The van der Waals surface area contributed by atoms with Gasteiger partial charge in [0.05, 0.1) is 25.7 Å². The third-order valence-electron chi connectivity index (χ3n) is 8.82. The number of likely N-dealkylation sites (tertiary alicyclic amines) is 1. The van der Waals surface area contributed by atoms with E-state index in [2.05, 4.69) is 19.2 Å². The number of hydrogen-bond donors (Lipinski definition) is 2. The Kier molecular flexibility index (Phi) is 11.2. The van der Waals surface area contributed by atoms with E-state index in [9.17, 15) is 14.7 Å². The molecular formula is C35H42Cl2N2O5. The lowest BCUT2D eigenvalue weighted by molar-refractivity contribution is -0.158. The van der Waals surface area contributed by atoms with Gasteiger partial charge in [-0.2, -0.15) is 0 Å². The molecule has 236 valence electrons. The Morgan fingerprint density at radius 2 is 1.70 bits per heavy atom. The molecule has 0 aliphatic carbocycles. The van der Waals surface area contributed by atoms with Crippen LogP contribution in [-0.2, 0) is 16.1 Å². The fourth-order valence-corrected chi connectivity index (χ4v) is 6.79. The van der Waals surface area contributed by atoms with E-state index < -0.39 is 17.4 Å². The molecule has 4 atom stereocenters. The number of methoxy groups -OCH3 is 2. The Morgan fingerprint density at radius 3 is 2.32 bits per heavy atom. The van der Waals surface area contributed by atoms with E-state index in [1.54, 1.807) is 32.4 Å². The molecule has 7 nitrogen and oxygen atoms in total. The predicted molar refractivity (Wildman–Crippen MR) is 174 cm³/mol.